The Kier molecular flexibility index (Phi) is 4.82. The highest BCUT2D eigenvalue weighted by Gasteiger charge is 2.25. The molecule has 1 aromatic carbocycles. The number of imidazole rings is 1. The topological polar surface area (TPSA) is 146 Å². The molecule has 3 aromatic heterocycles. The summed E-state index contributed by atoms with van der Waals surface area (Å²) >= 11 is 0. The van der Waals surface area contributed by atoms with Gasteiger partial charge in [0.15, 0.2) is 28.2 Å². The number of nitrogens with one attached hydrogen (secondary N) is 2. The van der Waals surface area contributed by atoms with Gasteiger partial charge in [0.05, 0.1) is 19.1 Å². The van der Waals surface area contributed by atoms with Crippen molar-refractivity contribution in [2.45, 2.75) is 33.5 Å². The van der Waals surface area contributed by atoms with Crippen LogP contribution in [0.15, 0.2) is 30.5 Å². The van der Waals surface area contributed by atoms with Crippen molar-refractivity contribution in [1.29, 1.82) is 0 Å². The van der Waals surface area contributed by atoms with E-state index >= 15 is 0 Å². The molecule has 0 saturated carbocycles. The van der Waals surface area contributed by atoms with E-state index in [2.05, 4.69) is 20.3 Å². The van der Waals surface area contributed by atoms with E-state index in [4.69, 9.17) is 5.73 Å². The van der Waals surface area contributed by atoms with Crippen molar-refractivity contribution in [3.63, 3.8) is 0 Å². The van der Waals surface area contributed by atoms with Crippen LogP contribution in [0, 0.1) is 0 Å². The molecule has 1 amide bonds. The number of hydrogen-bond acceptors (Lipinski definition) is 6. The molecule has 0 atom stereocenters. The standard InChI is InChI=1S/C20H21N7O3/c1-3-26-13-6-5-11(20(29)30)9-14(13)27(4-2)15(26)10-23-19(28)16-17(21)25-18-12(24-16)7-8-22-18/h5-9H,3-4,10H2,1-2H3,(H4-,21,22,23,24,25,28,29,30). The molecule has 0 aliphatic rings. The molecule has 4 N–H and O–H groups in total. The number of aromatic amines is 1. The summed E-state index contributed by atoms with van der Waals surface area (Å²) < 4.78 is 4.00. The molecule has 0 bridgehead atoms. The summed E-state index contributed by atoms with van der Waals surface area (Å²) in [5.74, 6) is -0.796. The number of rotatable bonds is 6. The molecule has 10 nitrogen and oxygen atoms in total. The van der Waals surface area contributed by atoms with E-state index in [0.717, 1.165) is 16.9 Å². The molecule has 154 valence electrons. The SMILES string of the molecule is CCn1c(CNC(=O)c2nc3cc[nH]c3nc2N)[n+](CC)c2ccc(C(=O)[O-])cc21. The van der Waals surface area contributed by atoms with Crippen molar-refractivity contribution in [2.24, 2.45) is 0 Å². The second-order valence-electron chi connectivity index (χ2n) is 6.75. The van der Waals surface area contributed by atoms with Crippen LogP contribution in [0.4, 0.5) is 5.82 Å². The fourth-order valence-electron chi connectivity index (χ4n) is 3.71. The Morgan fingerprint density at radius 1 is 1.27 bits per heavy atom. The molecule has 0 aliphatic carbocycles. The maximum Gasteiger partial charge on any atom is 0.277 e. The van der Waals surface area contributed by atoms with Crippen LogP contribution in [0.2, 0.25) is 0 Å². The minimum absolute atomic E-state index is 0.0421. The van der Waals surface area contributed by atoms with E-state index < -0.39 is 11.9 Å². The van der Waals surface area contributed by atoms with Crippen molar-refractivity contribution in [2.75, 3.05) is 5.73 Å². The summed E-state index contributed by atoms with van der Waals surface area (Å²) in [5.41, 5.74) is 8.78. The van der Waals surface area contributed by atoms with E-state index in [1.54, 1.807) is 24.4 Å². The number of nitrogen functional groups attached to an aromatic ring is 1. The number of anilines is 1. The first kappa shape index (κ1) is 19.4. The predicted molar refractivity (Wildman–Crippen MR) is 107 cm³/mol. The summed E-state index contributed by atoms with van der Waals surface area (Å²) in [6.07, 6.45) is 1.68. The summed E-state index contributed by atoms with van der Waals surface area (Å²) in [7, 11) is 0. The Morgan fingerprint density at radius 2 is 2.07 bits per heavy atom. The van der Waals surface area contributed by atoms with Crippen LogP contribution in [0.5, 0.6) is 0 Å². The molecule has 4 aromatic rings. The summed E-state index contributed by atoms with van der Waals surface area (Å²) in [6.45, 7) is 5.40. The second-order valence-corrected chi connectivity index (χ2v) is 6.75. The highest BCUT2D eigenvalue weighted by Crippen LogP contribution is 2.18. The number of nitrogens with zero attached hydrogens (tertiary/aromatic N) is 4. The fraction of sp³-hybridized carbons (Fsp3) is 0.250. The van der Waals surface area contributed by atoms with Crippen molar-refractivity contribution < 1.29 is 19.3 Å². The zero-order valence-electron chi connectivity index (χ0n) is 16.6. The van der Waals surface area contributed by atoms with Crippen molar-refractivity contribution in [3.8, 4) is 0 Å². The van der Waals surface area contributed by atoms with Gasteiger partial charge in [-0.05, 0) is 38.1 Å². The van der Waals surface area contributed by atoms with Crippen LogP contribution in [0.25, 0.3) is 22.2 Å². The van der Waals surface area contributed by atoms with Gasteiger partial charge in [0.2, 0.25) is 0 Å². The molecule has 30 heavy (non-hydrogen) atoms. The average molecular weight is 407 g/mol. The molecular weight excluding hydrogens is 386 g/mol. The van der Waals surface area contributed by atoms with Crippen LogP contribution in [-0.4, -0.2) is 31.4 Å². The minimum atomic E-state index is -1.23. The lowest BCUT2D eigenvalue weighted by molar-refractivity contribution is -0.676. The lowest BCUT2D eigenvalue weighted by Crippen LogP contribution is -2.40. The van der Waals surface area contributed by atoms with Gasteiger partial charge >= 0.3 is 0 Å². The van der Waals surface area contributed by atoms with Crippen LogP contribution >= 0.6 is 0 Å². The molecular formula is C20H21N7O3. The first-order chi connectivity index (χ1) is 14.4. The monoisotopic (exact) mass is 407 g/mol. The van der Waals surface area contributed by atoms with Gasteiger partial charge in [0.1, 0.15) is 12.1 Å². The van der Waals surface area contributed by atoms with Crippen LogP contribution in [-0.2, 0) is 19.6 Å². The Labute approximate surface area is 171 Å². The van der Waals surface area contributed by atoms with Crippen molar-refractivity contribution >= 4 is 39.9 Å². The van der Waals surface area contributed by atoms with E-state index in [1.165, 1.54) is 6.07 Å². The van der Waals surface area contributed by atoms with Gasteiger partial charge in [-0.15, -0.1) is 0 Å². The number of benzene rings is 1. The third-order valence-corrected chi connectivity index (χ3v) is 5.08. The average Bonchev–Trinajstić information content (AvgIpc) is 3.31. The van der Waals surface area contributed by atoms with Gasteiger partial charge in [-0.1, -0.05) is 0 Å². The number of nitrogens with two attached hydrogens (primary N) is 1. The number of carbonyl (C=O) groups excluding carboxylic acids is 2. The number of carboxylic acids is 1. The van der Waals surface area contributed by atoms with Crippen LogP contribution < -0.4 is 20.7 Å². The third kappa shape index (κ3) is 3.11. The number of aromatic nitrogens is 5. The Hall–Kier alpha value is -3.95. The number of carbonyl (C=O) groups is 2. The predicted octanol–water partition coefficient (Wildman–Crippen LogP) is 0.116. The Bertz CT molecular complexity index is 1290. The van der Waals surface area contributed by atoms with E-state index in [1.807, 2.05) is 23.0 Å². The zero-order chi connectivity index (χ0) is 21.4. The van der Waals surface area contributed by atoms with Gasteiger partial charge in [0, 0.05) is 11.8 Å². The van der Waals surface area contributed by atoms with Gasteiger partial charge in [-0.2, -0.15) is 0 Å². The molecule has 0 fully saturated rings. The van der Waals surface area contributed by atoms with Gasteiger partial charge in [-0.25, -0.2) is 19.1 Å². The normalized spacial score (nSPS) is 11.3. The third-order valence-electron chi connectivity index (χ3n) is 5.08. The van der Waals surface area contributed by atoms with E-state index in [-0.39, 0.29) is 23.6 Å². The zero-order valence-corrected chi connectivity index (χ0v) is 16.6. The number of carboxylic acid groups (broad SMARTS) is 1. The van der Waals surface area contributed by atoms with E-state index in [9.17, 15) is 14.7 Å². The molecule has 0 spiro atoms. The largest absolute Gasteiger partial charge is 0.545 e. The number of H-pyrrole nitrogens is 1. The lowest BCUT2D eigenvalue weighted by atomic mass is 10.2. The maximum absolute atomic E-state index is 12.8. The number of aryl methyl sites for hydroxylation is 2. The van der Waals surface area contributed by atoms with Gasteiger partial charge < -0.3 is 25.9 Å². The molecule has 0 unspecified atom stereocenters. The van der Waals surface area contributed by atoms with Crippen LogP contribution in [0.1, 0.15) is 40.5 Å². The number of hydrogen-bond donors (Lipinski definition) is 3. The summed E-state index contributed by atoms with van der Waals surface area (Å²) in [6, 6.07) is 6.59. The summed E-state index contributed by atoms with van der Waals surface area (Å²) in [4.78, 5) is 35.4. The first-order valence-electron chi connectivity index (χ1n) is 9.59. The highest BCUT2D eigenvalue weighted by atomic mass is 16.4. The molecule has 3 heterocycles. The Balaban J connectivity index is 1.69. The van der Waals surface area contributed by atoms with Gasteiger partial charge in [-0.3, -0.25) is 4.79 Å². The quantitative estimate of drug-likeness (QED) is 0.387. The highest BCUT2D eigenvalue weighted by molar-refractivity contribution is 5.98. The molecule has 0 radical (unpaired) electrons. The lowest BCUT2D eigenvalue weighted by Gasteiger charge is -2.07. The van der Waals surface area contributed by atoms with Gasteiger partial charge in [0.25, 0.3) is 11.7 Å². The van der Waals surface area contributed by atoms with Crippen LogP contribution in [0.3, 0.4) is 0 Å². The second kappa shape index (κ2) is 7.47. The maximum atomic E-state index is 12.8. The van der Waals surface area contributed by atoms with E-state index in [0.29, 0.717) is 24.3 Å². The van der Waals surface area contributed by atoms with Crippen molar-refractivity contribution in [3.05, 3.63) is 47.5 Å². The minimum Gasteiger partial charge on any atom is -0.545 e. The fourth-order valence-corrected chi connectivity index (χ4v) is 3.71. The molecule has 10 heteroatoms. The smallest absolute Gasteiger partial charge is 0.277 e. The molecule has 4 rings (SSSR count). The number of amides is 1. The number of aromatic carboxylic acids is 1. The molecule has 0 aliphatic heterocycles. The van der Waals surface area contributed by atoms with Crippen molar-refractivity contribution in [1.82, 2.24) is 24.8 Å². The molecule has 0 saturated heterocycles. The summed E-state index contributed by atoms with van der Waals surface area (Å²) in [5, 5.41) is 14.1. The Morgan fingerprint density at radius 3 is 2.77 bits per heavy atom. The first-order valence-corrected chi connectivity index (χ1v) is 9.59. The number of fused-ring (bicyclic) bond motifs is 2.